The molecule has 0 amide bonds. The second-order valence-corrected chi connectivity index (χ2v) is 3.93. The van der Waals surface area contributed by atoms with Crippen molar-refractivity contribution in [2.24, 2.45) is 0 Å². The van der Waals surface area contributed by atoms with Crippen LogP contribution in [0.3, 0.4) is 0 Å². The molecular formula is C10H18O3. The first kappa shape index (κ1) is 12.6. The molecule has 0 aromatic carbocycles. The number of aliphatic hydroxyl groups excluding tert-OH is 1. The van der Waals surface area contributed by atoms with Crippen LogP contribution < -0.4 is 0 Å². The summed E-state index contributed by atoms with van der Waals surface area (Å²) >= 11 is 0. The zero-order valence-corrected chi connectivity index (χ0v) is 8.54. The van der Waals surface area contributed by atoms with Crippen molar-refractivity contribution in [1.82, 2.24) is 0 Å². The van der Waals surface area contributed by atoms with Gasteiger partial charge < -0.3 is 9.84 Å². The molecule has 0 unspecified atom stereocenters. The molecule has 1 N–H and O–H groups in total. The van der Waals surface area contributed by atoms with Gasteiger partial charge >= 0.3 is 0 Å². The number of Topliss-reactive ketones (excluding diaryl/α,β-unsaturated/α-hetero) is 1. The average Bonchev–Trinajstić information content (AvgIpc) is 1.99. The third kappa shape index (κ3) is 7.94. The molecule has 3 nitrogen and oxygen atoms in total. The van der Waals surface area contributed by atoms with E-state index in [0.29, 0.717) is 0 Å². The lowest BCUT2D eigenvalue weighted by Crippen LogP contribution is -2.23. The third-order valence-corrected chi connectivity index (χ3v) is 1.29. The molecular weight excluding hydrogens is 168 g/mol. The molecule has 2 radical (unpaired) electrons. The number of carbonyl (C=O) groups is 1. The molecule has 0 aliphatic heterocycles. The number of ether oxygens (including phenoxy) is 1. The Kier molecular flexibility index (Phi) is 5.18. The van der Waals surface area contributed by atoms with Crippen LogP contribution >= 0.6 is 0 Å². The van der Waals surface area contributed by atoms with Gasteiger partial charge in [0.1, 0.15) is 12.4 Å². The Hall–Kier alpha value is -0.410. The van der Waals surface area contributed by atoms with Crippen molar-refractivity contribution >= 4 is 5.78 Å². The maximum absolute atomic E-state index is 10.8. The molecule has 0 saturated carbocycles. The molecule has 13 heavy (non-hydrogen) atoms. The topological polar surface area (TPSA) is 46.5 Å². The Bertz CT molecular complexity index is 158. The van der Waals surface area contributed by atoms with Gasteiger partial charge in [0.2, 0.25) is 0 Å². The fraction of sp³-hybridized carbons (Fsp3) is 0.700. The van der Waals surface area contributed by atoms with Crippen LogP contribution in [0.2, 0.25) is 0 Å². The number of aliphatic hydroxyl groups is 1. The molecule has 1 atom stereocenters. The summed E-state index contributed by atoms with van der Waals surface area (Å²) in [5, 5.41) is 9.28. The number of ketones is 1. The monoisotopic (exact) mass is 186 g/mol. The van der Waals surface area contributed by atoms with Crippen LogP contribution in [0.4, 0.5) is 0 Å². The largest absolute Gasteiger partial charge is 0.390 e. The smallest absolute Gasteiger partial charge is 0.135 e. The summed E-state index contributed by atoms with van der Waals surface area (Å²) < 4.78 is 5.19. The first-order valence-electron chi connectivity index (χ1n) is 4.35. The molecule has 0 aliphatic carbocycles. The summed E-state index contributed by atoms with van der Waals surface area (Å²) in [5.74, 6) is -0.0683. The van der Waals surface area contributed by atoms with Crippen LogP contribution in [0.15, 0.2) is 0 Å². The maximum Gasteiger partial charge on any atom is 0.135 e. The van der Waals surface area contributed by atoms with Crippen molar-refractivity contribution in [3.05, 3.63) is 13.5 Å². The van der Waals surface area contributed by atoms with Crippen LogP contribution in [0.1, 0.15) is 33.6 Å². The van der Waals surface area contributed by atoms with E-state index in [-0.39, 0.29) is 24.2 Å². The van der Waals surface area contributed by atoms with Crippen molar-refractivity contribution in [1.29, 1.82) is 0 Å². The van der Waals surface area contributed by atoms with Gasteiger partial charge in [-0.25, -0.2) is 0 Å². The fourth-order valence-corrected chi connectivity index (χ4v) is 0.666. The Morgan fingerprint density at radius 1 is 1.62 bits per heavy atom. The zero-order chi connectivity index (χ0) is 10.5. The Morgan fingerprint density at radius 3 is 2.54 bits per heavy atom. The second-order valence-electron chi connectivity index (χ2n) is 3.93. The van der Waals surface area contributed by atoms with Crippen LogP contribution in [-0.2, 0) is 9.53 Å². The molecule has 0 aromatic rings. The fourth-order valence-electron chi connectivity index (χ4n) is 0.666. The minimum atomic E-state index is -0.825. The Morgan fingerprint density at radius 2 is 2.15 bits per heavy atom. The summed E-state index contributed by atoms with van der Waals surface area (Å²) in [6.07, 6.45) is -0.534. The van der Waals surface area contributed by atoms with Crippen molar-refractivity contribution in [3.8, 4) is 0 Å². The number of hydrogen-bond donors (Lipinski definition) is 1. The van der Waals surface area contributed by atoms with Gasteiger partial charge in [-0.05, 0) is 27.7 Å². The highest BCUT2D eigenvalue weighted by Crippen LogP contribution is 2.11. The van der Waals surface area contributed by atoms with E-state index in [0.717, 1.165) is 0 Å². The third-order valence-electron chi connectivity index (χ3n) is 1.29. The normalized spacial score (nSPS) is 14.2. The van der Waals surface area contributed by atoms with Crippen molar-refractivity contribution < 1.29 is 14.6 Å². The zero-order valence-electron chi connectivity index (χ0n) is 8.54. The highest BCUT2D eigenvalue weighted by molar-refractivity contribution is 5.79. The summed E-state index contributed by atoms with van der Waals surface area (Å²) in [5.41, 5.74) is -0.325. The highest BCUT2D eigenvalue weighted by atomic mass is 16.5. The van der Waals surface area contributed by atoms with Gasteiger partial charge in [-0.1, -0.05) is 0 Å². The average molecular weight is 186 g/mol. The Balaban J connectivity index is 3.63. The van der Waals surface area contributed by atoms with Crippen LogP contribution in [0.25, 0.3) is 0 Å². The second kappa shape index (κ2) is 5.35. The lowest BCUT2D eigenvalue weighted by atomic mass is 10.1. The lowest BCUT2D eigenvalue weighted by Gasteiger charge is -2.20. The van der Waals surface area contributed by atoms with E-state index < -0.39 is 6.10 Å². The van der Waals surface area contributed by atoms with Crippen LogP contribution in [-0.4, -0.2) is 22.6 Å². The maximum atomic E-state index is 10.8. The predicted molar refractivity (Wildman–Crippen MR) is 50.7 cm³/mol. The van der Waals surface area contributed by atoms with Crippen LogP contribution in [0, 0.1) is 13.5 Å². The van der Waals surface area contributed by atoms with Crippen LogP contribution in [0.5, 0.6) is 0 Å². The molecule has 0 rings (SSSR count). The van der Waals surface area contributed by atoms with E-state index in [1.807, 2.05) is 20.8 Å². The first-order valence-corrected chi connectivity index (χ1v) is 4.35. The van der Waals surface area contributed by atoms with E-state index in [4.69, 9.17) is 4.74 Å². The van der Waals surface area contributed by atoms with Crippen molar-refractivity contribution in [2.45, 2.75) is 45.3 Å². The molecule has 0 aromatic heterocycles. The van der Waals surface area contributed by atoms with Gasteiger partial charge in [-0.3, -0.25) is 4.79 Å². The standard InChI is InChI=1S/C10H18O3/c1-5-8(11)6-9(12)7-13-10(2,3)4/h7,9,12H,1,5-6H2,2-4H3/t9-/m0/s1. The highest BCUT2D eigenvalue weighted by Gasteiger charge is 2.15. The van der Waals surface area contributed by atoms with E-state index in [1.165, 1.54) is 6.61 Å². The molecule has 0 saturated heterocycles. The first-order chi connectivity index (χ1) is 5.85. The van der Waals surface area contributed by atoms with Gasteiger partial charge in [0, 0.05) is 12.8 Å². The number of rotatable bonds is 5. The van der Waals surface area contributed by atoms with Gasteiger partial charge in [-0.15, -0.1) is 0 Å². The molecule has 76 valence electrons. The predicted octanol–water partition coefficient (Wildman–Crippen LogP) is 1.51. The van der Waals surface area contributed by atoms with Gasteiger partial charge in [0.15, 0.2) is 0 Å². The molecule has 0 spiro atoms. The van der Waals surface area contributed by atoms with Crippen molar-refractivity contribution in [3.63, 3.8) is 0 Å². The van der Waals surface area contributed by atoms with E-state index in [2.05, 4.69) is 6.92 Å². The van der Waals surface area contributed by atoms with E-state index >= 15 is 0 Å². The SMILES string of the molecule is [CH2]CC(=O)C[C@H](O)[CH]OC(C)(C)C. The quantitative estimate of drug-likeness (QED) is 0.708. The molecule has 0 fully saturated rings. The Labute approximate surface area is 80.1 Å². The summed E-state index contributed by atoms with van der Waals surface area (Å²) in [6.45, 7) is 10.4. The minimum absolute atomic E-state index is 0.0683. The molecule has 0 aliphatic rings. The van der Waals surface area contributed by atoms with Gasteiger partial charge in [-0.2, -0.15) is 0 Å². The number of carbonyl (C=O) groups excluding carboxylic acids is 1. The number of hydrogen-bond acceptors (Lipinski definition) is 3. The summed E-state index contributed by atoms with van der Waals surface area (Å²) in [6, 6.07) is 0. The van der Waals surface area contributed by atoms with Gasteiger partial charge in [0.05, 0.1) is 11.7 Å². The minimum Gasteiger partial charge on any atom is -0.390 e. The van der Waals surface area contributed by atoms with E-state index in [1.54, 1.807) is 0 Å². The lowest BCUT2D eigenvalue weighted by molar-refractivity contribution is -0.120. The summed E-state index contributed by atoms with van der Waals surface area (Å²) in [4.78, 5) is 10.8. The van der Waals surface area contributed by atoms with Gasteiger partial charge in [0.25, 0.3) is 0 Å². The molecule has 3 heteroatoms. The molecule has 0 bridgehead atoms. The molecule has 0 heterocycles. The van der Waals surface area contributed by atoms with E-state index in [9.17, 15) is 9.90 Å². The summed E-state index contributed by atoms with van der Waals surface area (Å²) in [7, 11) is 0. The van der Waals surface area contributed by atoms with Crippen molar-refractivity contribution in [2.75, 3.05) is 0 Å².